The molecule has 1 saturated carbocycles. The Hall–Kier alpha value is -1.59. The SMILES string of the molecule is CC(C)N1CCN(c2ccc(C(=O)N(C)CC(O)C3CC3)cc2)CC1. The van der Waals surface area contributed by atoms with E-state index in [1.165, 1.54) is 5.69 Å². The summed E-state index contributed by atoms with van der Waals surface area (Å²) in [5.74, 6) is 0.373. The third-order valence-electron chi connectivity index (χ3n) is 5.50. The first-order valence-electron chi connectivity index (χ1n) is 9.48. The number of amides is 1. The molecular weight excluding hydrogens is 314 g/mol. The van der Waals surface area contributed by atoms with Crippen molar-refractivity contribution in [3.05, 3.63) is 29.8 Å². The van der Waals surface area contributed by atoms with Crippen LogP contribution in [-0.4, -0.2) is 72.7 Å². The van der Waals surface area contributed by atoms with E-state index in [9.17, 15) is 9.90 Å². The Labute approximate surface area is 151 Å². The van der Waals surface area contributed by atoms with Crippen LogP contribution in [0.3, 0.4) is 0 Å². The van der Waals surface area contributed by atoms with E-state index in [4.69, 9.17) is 0 Å². The minimum atomic E-state index is -0.384. The van der Waals surface area contributed by atoms with Gasteiger partial charge in [0.2, 0.25) is 0 Å². The van der Waals surface area contributed by atoms with Crippen molar-refractivity contribution in [2.75, 3.05) is 44.7 Å². The number of rotatable bonds is 6. The van der Waals surface area contributed by atoms with E-state index in [2.05, 4.69) is 23.6 Å². The van der Waals surface area contributed by atoms with Crippen LogP contribution >= 0.6 is 0 Å². The quantitative estimate of drug-likeness (QED) is 0.857. The molecule has 5 nitrogen and oxygen atoms in total. The Kier molecular flexibility index (Phi) is 5.64. The molecule has 1 unspecified atom stereocenters. The van der Waals surface area contributed by atoms with Gasteiger partial charge in [-0.15, -0.1) is 0 Å². The molecule has 0 aromatic heterocycles. The van der Waals surface area contributed by atoms with Crippen molar-refractivity contribution in [1.82, 2.24) is 9.80 Å². The minimum Gasteiger partial charge on any atom is -0.391 e. The fourth-order valence-corrected chi connectivity index (χ4v) is 3.53. The lowest BCUT2D eigenvalue weighted by Gasteiger charge is -2.38. The zero-order chi connectivity index (χ0) is 18.0. The average molecular weight is 345 g/mol. The van der Waals surface area contributed by atoms with Gasteiger partial charge in [-0.2, -0.15) is 0 Å². The number of benzene rings is 1. The lowest BCUT2D eigenvalue weighted by Crippen LogP contribution is -2.48. The number of aliphatic hydroxyl groups is 1. The molecule has 2 aliphatic rings. The molecule has 5 heteroatoms. The molecule has 2 fully saturated rings. The topological polar surface area (TPSA) is 47.0 Å². The van der Waals surface area contributed by atoms with E-state index >= 15 is 0 Å². The van der Waals surface area contributed by atoms with Gasteiger partial charge in [-0.25, -0.2) is 0 Å². The van der Waals surface area contributed by atoms with Gasteiger partial charge < -0.3 is 14.9 Å². The largest absolute Gasteiger partial charge is 0.391 e. The molecule has 1 aromatic carbocycles. The molecule has 1 heterocycles. The summed E-state index contributed by atoms with van der Waals surface area (Å²) in [7, 11) is 1.77. The summed E-state index contributed by atoms with van der Waals surface area (Å²) >= 11 is 0. The van der Waals surface area contributed by atoms with Gasteiger partial charge in [0.25, 0.3) is 5.91 Å². The molecule has 1 aliphatic heterocycles. The molecule has 1 aromatic rings. The second-order valence-electron chi connectivity index (χ2n) is 7.75. The van der Waals surface area contributed by atoms with Crippen molar-refractivity contribution in [1.29, 1.82) is 0 Å². The Morgan fingerprint density at radius 3 is 2.28 bits per heavy atom. The van der Waals surface area contributed by atoms with Gasteiger partial charge in [0.15, 0.2) is 0 Å². The second kappa shape index (κ2) is 7.75. The van der Waals surface area contributed by atoms with Crippen LogP contribution in [0.25, 0.3) is 0 Å². The maximum Gasteiger partial charge on any atom is 0.253 e. The number of aliphatic hydroxyl groups excluding tert-OH is 1. The number of likely N-dealkylation sites (N-methyl/N-ethyl adjacent to an activating group) is 1. The van der Waals surface area contributed by atoms with Gasteiger partial charge in [-0.3, -0.25) is 9.69 Å². The maximum absolute atomic E-state index is 12.5. The van der Waals surface area contributed by atoms with Gasteiger partial charge in [0.1, 0.15) is 0 Å². The molecule has 138 valence electrons. The highest BCUT2D eigenvalue weighted by atomic mass is 16.3. The smallest absolute Gasteiger partial charge is 0.253 e. The summed E-state index contributed by atoms with van der Waals surface area (Å²) in [5.41, 5.74) is 1.87. The van der Waals surface area contributed by atoms with E-state index in [0.717, 1.165) is 39.0 Å². The van der Waals surface area contributed by atoms with Gasteiger partial charge in [-0.05, 0) is 56.9 Å². The number of nitrogens with zero attached hydrogens (tertiary/aromatic N) is 3. The van der Waals surface area contributed by atoms with Crippen molar-refractivity contribution < 1.29 is 9.90 Å². The van der Waals surface area contributed by atoms with Crippen LogP contribution in [-0.2, 0) is 0 Å². The standard InChI is InChI=1S/C20H31N3O2/c1-15(2)22-10-12-23(13-11-22)18-8-6-17(7-9-18)20(25)21(3)14-19(24)16-4-5-16/h6-9,15-16,19,24H,4-5,10-14H2,1-3H3. The van der Waals surface area contributed by atoms with E-state index in [0.29, 0.717) is 24.1 Å². The van der Waals surface area contributed by atoms with E-state index in [1.54, 1.807) is 11.9 Å². The fraction of sp³-hybridized carbons (Fsp3) is 0.650. The summed E-state index contributed by atoms with van der Waals surface area (Å²) in [6.45, 7) is 9.13. The Morgan fingerprint density at radius 2 is 1.76 bits per heavy atom. The fourth-order valence-electron chi connectivity index (χ4n) is 3.53. The van der Waals surface area contributed by atoms with Crippen LogP contribution in [0.15, 0.2) is 24.3 Å². The highest BCUT2D eigenvalue weighted by molar-refractivity contribution is 5.94. The first-order valence-corrected chi connectivity index (χ1v) is 9.48. The maximum atomic E-state index is 12.5. The van der Waals surface area contributed by atoms with Crippen molar-refractivity contribution in [3.63, 3.8) is 0 Å². The van der Waals surface area contributed by atoms with E-state index in [1.807, 2.05) is 24.3 Å². The number of carbonyl (C=O) groups is 1. The summed E-state index contributed by atoms with van der Waals surface area (Å²) in [6, 6.07) is 8.51. The van der Waals surface area contributed by atoms with Crippen LogP contribution in [0.2, 0.25) is 0 Å². The lowest BCUT2D eigenvalue weighted by atomic mass is 10.1. The Bertz CT molecular complexity index is 575. The molecule has 1 amide bonds. The van der Waals surface area contributed by atoms with Crippen LogP contribution in [0.5, 0.6) is 0 Å². The minimum absolute atomic E-state index is 0.0177. The molecule has 25 heavy (non-hydrogen) atoms. The summed E-state index contributed by atoms with van der Waals surface area (Å²) < 4.78 is 0. The van der Waals surface area contributed by atoms with Gasteiger partial charge in [0.05, 0.1) is 6.10 Å². The van der Waals surface area contributed by atoms with Crippen LogP contribution < -0.4 is 4.90 Å². The molecule has 3 rings (SSSR count). The van der Waals surface area contributed by atoms with Crippen LogP contribution in [0.4, 0.5) is 5.69 Å². The predicted molar refractivity (Wildman–Crippen MR) is 101 cm³/mol. The van der Waals surface area contributed by atoms with Gasteiger partial charge >= 0.3 is 0 Å². The molecule has 1 N–H and O–H groups in total. The van der Waals surface area contributed by atoms with E-state index < -0.39 is 0 Å². The Balaban J connectivity index is 1.55. The van der Waals surface area contributed by atoms with Crippen molar-refractivity contribution in [2.24, 2.45) is 5.92 Å². The van der Waals surface area contributed by atoms with Crippen LogP contribution in [0.1, 0.15) is 37.0 Å². The van der Waals surface area contributed by atoms with Gasteiger partial charge in [0, 0.05) is 57.1 Å². The molecule has 1 saturated heterocycles. The predicted octanol–water partition coefficient (Wildman–Crippen LogP) is 2.06. The molecular formula is C20H31N3O2. The molecule has 1 aliphatic carbocycles. The van der Waals surface area contributed by atoms with Crippen molar-refractivity contribution in [2.45, 2.75) is 38.8 Å². The first-order chi connectivity index (χ1) is 12.0. The lowest BCUT2D eigenvalue weighted by molar-refractivity contribution is 0.0645. The van der Waals surface area contributed by atoms with Crippen molar-refractivity contribution >= 4 is 11.6 Å². The third-order valence-corrected chi connectivity index (χ3v) is 5.50. The summed E-state index contributed by atoms with van der Waals surface area (Å²) in [5, 5.41) is 10.0. The number of anilines is 1. The van der Waals surface area contributed by atoms with Crippen molar-refractivity contribution in [3.8, 4) is 0 Å². The normalized spacial score (nSPS) is 20.0. The zero-order valence-electron chi connectivity index (χ0n) is 15.7. The first kappa shape index (κ1) is 18.2. The van der Waals surface area contributed by atoms with E-state index in [-0.39, 0.29) is 12.0 Å². The summed E-state index contributed by atoms with van der Waals surface area (Å²) in [6.07, 6.45) is 1.79. The average Bonchev–Trinajstić information content (AvgIpc) is 3.46. The highest BCUT2D eigenvalue weighted by Gasteiger charge is 2.31. The third kappa shape index (κ3) is 4.53. The molecule has 1 atom stereocenters. The zero-order valence-corrected chi connectivity index (χ0v) is 15.7. The highest BCUT2D eigenvalue weighted by Crippen LogP contribution is 2.32. The second-order valence-corrected chi connectivity index (χ2v) is 7.75. The number of hydrogen-bond donors (Lipinski definition) is 1. The van der Waals surface area contributed by atoms with Gasteiger partial charge in [-0.1, -0.05) is 0 Å². The number of hydrogen-bond acceptors (Lipinski definition) is 4. The number of piperazine rings is 1. The monoisotopic (exact) mass is 345 g/mol. The number of carbonyl (C=O) groups excluding carboxylic acids is 1. The Morgan fingerprint density at radius 1 is 1.16 bits per heavy atom. The molecule has 0 bridgehead atoms. The molecule has 0 radical (unpaired) electrons. The van der Waals surface area contributed by atoms with Crippen LogP contribution in [0, 0.1) is 5.92 Å². The summed E-state index contributed by atoms with van der Waals surface area (Å²) in [4.78, 5) is 19.0. The molecule has 0 spiro atoms.